The third-order valence-corrected chi connectivity index (χ3v) is 3.14. The fourth-order valence-corrected chi connectivity index (χ4v) is 2.14. The van der Waals surface area contributed by atoms with Crippen LogP contribution in [0.3, 0.4) is 0 Å². The number of carbonyl (C=O) groups excluding carboxylic acids is 1. The van der Waals surface area contributed by atoms with Crippen molar-refractivity contribution < 1.29 is 9.53 Å². The van der Waals surface area contributed by atoms with E-state index < -0.39 is 0 Å². The molecule has 1 fully saturated rings. The summed E-state index contributed by atoms with van der Waals surface area (Å²) in [6.45, 7) is 2.75. The highest BCUT2D eigenvalue weighted by Gasteiger charge is 2.30. The van der Waals surface area contributed by atoms with Crippen molar-refractivity contribution in [3.63, 3.8) is 0 Å². The normalized spacial score (nSPS) is 21.2. The van der Waals surface area contributed by atoms with Crippen LogP contribution in [0.1, 0.15) is 18.9 Å². The minimum absolute atomic E-state index is 0.0645. The van der Waals surface area contributed by atoms with Gasteiger partial charge in [0.1, 0.15) is 5.75 Å². The molecular formula is C14H20N2O2. The number of likely N-dealkylation sites (N-methyl/N-ethyl adjacent to an activating group) is 1. The highest BCUT2D eigenvalue weighted by Crippen LogP contribution is 2.19. The number of rotatable bonds is 4. The van der Waals surface area contributed by atoms with Crippen molar-refractivity contribution in [2.45, 2.75) is 31.9 Å². The van der Waals surface area contributed by atoms with Gasteiger partial charge in [0.25, 0.3) is 5.91 Å². The molecule has 0 radical (unpaired) electrons. The molecule has 1 amide bonds. The van der Waals surface area contributed by atoms with Gasteiger partial charge in [-0.2, -0.15) is 0 Å². The summed E-state index contributed by atoms with van der Waals surface area (Å²) in [5, 5.41) is 0. The molecular weight excluding hydrogens is 228 g/mol. The van der Waals surface area contributed by atoms with E-state index in [-0.39, 0.29) is 18.1 Å². The van der Waals surface area contributed by atoms with E-state index in [0.29, 0.717) is 0 Å². The zero-order valence-electron chi connectivity index (χ0n) is 10.9. The number of ether oxygens (including phenoxy) is 1. The molecule has 1 heterocycles. The van der Waals surface area contributed by atoms with E-state index in [1.54, 1.807) is 11.9 Å². The molecule has 1 aliphatic heterocycles. The van der Waals surface area contributed by atoms with Crippen LogP contribution in [0.5, 0.6) is 5.75 Å². The van der Waals surface area contributed by atoms with Gasteiger partial charge in [0.15, 0.2) is 6.10 Å². The predicted molar refractivity (Wildman–Crippen MR) is 70.5 cm³/mol. The second kappa shape index (κ2) is 5.40. The summed E-state index contributed by atoms with van der Waals surface area (Å²) in [4.78, 5) is 13.4. The number of carbonyl (C=O) groups is 1. The number of hydrogen-bond acceptors (Lipinski definition) is 3. The monoisotopic (exact) mass is 248 g/mol. The van der Waals surface area contributed by atoms with Crippen molar-refractivity contribution in [2.24, 2.45) is 5.73 Å². The lowest BCUT2D eigenvalue weighted by Gasteiger charge is -2.13. The smallest absolute Gasteiger partial charge is 0.263 e. The van der Waals surface area contributed by atoms with E-state index in [2.05, 4.69) is 0 Å². The lowest BCUT2D eigenvalue weighted by molar-refractivity contribution is -0.132. The first-order valence-corrected chi connectivity index (χ1v) is 6.32. The molecule has 2 N–H and O–H groups in total. The third-order valence-electron chi connectivity index (χ3n) is 3.14. The van der Waals surface area contributed by atoms with Crippen LogP contribution in [0.2, 0.25) is 0 Å². The molecule has 0 saturated carbocycles. The van der Waals surface area contributed by atoms with E-state index >= 15 is 0 Å². The summed E-state index contributed by atoms with van der Waals surface area (Å²) >= 11 is 0. The Balaban J connectivity index is 1.96. The van der Waals surface area contributed by atoms with Crippen LogP contribution in [0, 0.1) is 0 Å². The average molecular weight is 248 g/mol. The summed E-state index contributed by atoms with van der Waals surface area (Å²) in [5.41, 5.74) is 6.93. The zero-order chi connectivity index (χ0) is 13.1. The Morgan fingerprint density at radius 2 is 2.11 bits per heavy atom. The zero-order valence-corrected chi connectivity index (χ0v) is 10.9. The molecule has 4 heteroatoms. The molecule has 1 aromatic carbocycles. The standard InChI is InChI=1S/C14H20N2O2/c1-10(15)9-11-3-5-12(6-4-11)18-13-7-8-16(2)14(13)17/h3-6,10,13H,7-9,15H2,1-2H3. The van der Waals surface area contributed by atoms with Crippen LogP contribution < -0.4 is 10.5 Å². The average Bonchev–Trinajstić information content (AvgIpc) is 2.63. The van der Waals surface area contributed by atoms with E-state index in [4.69, 9.17) is 10.5 Å². The Labute approximate surface area is 108 Å². The molecule has 1 aromatic rings. The van der Waals surface area contributed by atoms with Crippen LogP contribution >= 0.6 is 0 Å². The first kappa shape index (κ1) is 12.9. The molecule has 0 aliphatic carbocycles. The maximum absolute atomic E-state index is 11.7. The third kappa shape index (κ3) is 3.01. The second-order valence-electron chi connectivity index (χ2n) is 4.98. The molecule has 0 spiro atoms. The number of likely N-dealkylation sites (tertiary alicyclic amines) is 1. The van der Waals surface area contributed by atoms with Gasteiger partial charge in [-0.1, -0.05) is 12.1 Å². The summed E-state index contributed by atoms with van der Waals surface area (Å²) in [6.07, 6.45) is 1.29. The number of hydrogen-bond donors (Lipinski definition) is 1. The lowest BCUT2D eigenvalue weighted by Crippen LogP contribution is -2.29. The van der Waals surface area contributed by atoms with Crippen molar-refractivity contribution in [3.8, 4) is 5.75 Å². The van der Waals surface area contributed by atoms with E-state index in [0.717, 1.165) is 25.1 Å². The Morgan fingerprint density at radius 3 is 2.61 bits per heavy atom. The quantitative estimate of drug-likeness (QED) is 0.870. The predicted octanol–water partition coefficient (Wildman–Crippen LogP) is 1.19. The van der Waals surface area contributed by atoms with Crippen molar-refractivity contribution in [1.82, 2.24) is 4.90 Å². The van der Waals surface area contributed by atoms with Crippen molar-refractivity contribution in [3.05, 3.63) is 29.8 Å². The maximum atomic E-state index is 11.7. The highest BCUT2D eigenvalue weighted by atomic mass is 16.5. The van der Waals surface area contributed by atoms with Crippen molar-refractivity contribution >= 4 is 5.91 Å². The van der Waals surface area contributed by atoms with Gasteiger partial charge in [-0.15, -0.1) is 0 Å². The van der Waals surface area contributed by atoms with E-state index in [1.165, 1.54) is 5.56 Å². The van der Waals surface area contributed by atoms with Gasteiger partial charge in [0.2, 0.25) is 0 Å². The molecule has 1 saturated heterocycles. The van der Waals surface area contributed by atoms with Gasteiger partial charge in [-0.25, -0.2) is 0 Å². The Morgan fingerprint density at radius 1 is 1.44 bits per heavy atom. The van der Waals surface area contributed by atoms with Crippen LogP contribution in [0.15, 0.2) is 24.3 Å². The van der Waals surface area contributed by atoms with Crippen LogP contribution in [0.25, 0.3) is 0 Å². The number of nitrogens with two attached hydrogens (primary N) is 1. The van der Waals surface area contributed by atoms with Crippen LogP contribution in [-0.2, 0) is 11.2 Å². The first-order valence-electron chi connectivity index (χ1n) is 6.32. The fourth-order valence-electron chi connectivity index (χ4n) is 2.14. The molecule has 0 bridgehead atoms. The molecule has 0 aromatic heterocycles. The first-order chi connectivity index (χ1) is 8.56. The number of benzene rings is 1. The van der Waals surface area contributed by atoms with Crippen LogP contribution in [-0.4, -0.2) is 36.5 Å². The highest BCUT2D eigenvalue weighted by molar-refractivity contribution is 5.83. The minimum atomic E-state index is -0.325. The van der Waals surface area contributed by atoms with Gasteiger partial charge in [-0.05, 0) is 31.0 Å². The van der Waals surface area contributed by atoms with Crippen molar-refractivity contribution in [1.29, 1.82) is 0 Å². The van der Waals surface area contributed by atoms with Gasteiger partial charge >= 0.3 is 0 Å². The van der Waals surface area contributed by atoms with Gasteiger partial charge < -0.3 is 15.4 Å². The minimum Gasteiger partial charge on any atom is -0.481 e. The van der Waals surface area contributed by atoms with E-state index in [1.807, 2.05) is 31.2 Å². The topological polar surface area (TPSA) is 55.6 Å². The molecule has 2 rings (SSSR count). The second-order valence-corrected chi connectivity index (χ2v) is 4.98. The lowest BCUT2D eigenvalue weighted by atomic mass is 10.1. The Kier molecular flexibility index (Phi) is 3.87. The summed E-state index contributed by atoms with van der Waals surface area (Å²) in [7, 11) is 1.80. The summed E-state index contributed by atoms with van der Waals surface area (Å²) in [5.74, 6) is 0.812. The van der Waals surface area contributed by atoms with E-state index in [9.17, 15) is 4.79 Å². The molecule has 1 aliphatic rings. The van der Waals surface area contributed by atoms with Crippen molar-refractivity contribution in [2.75, 3.05) is 13.6 Å². The SMILES string of the molecule is CC(N)Cc1ccc(OC2CCN(C)C2=O)cc1. The molecule has 2 atom stereocenters. The van der Waals surface area contributed by atoms with Crippen LogP contribution in [0.4, 0.5) is 0 Å². The summed E-state index contributed by atoms with van der Waals surface area (Å²) < 4.78 is 5.70. The molecule has 4 nitrogen and oxygen atoms in total. The maximum Gasteiger partial charge on any atom is 0.263 e. The van der Waals surface area contributed by atoms with Gasteiger partial charge in [0, 0.05) is 26.1 Å². The van der Waals surface area contributed by atoms with Gasteiger partial charge in [-0.3, -0.25) is 4.79 Å². The van der Waals surface area contributed by atoms with Gasteiger partial charge in [0.05, 0.1) is 0 Å². The fraction of sp³-hybridized carbons (Fsp3) is 0.500. The Hall–Kier alpha value is -1.55. The molecule has 18 heavy (non-hydrogen) atoms. The number of amides is 1. The summed E-state index contributed by atoms with van der Waals surface area (Å²) in [6, 6.07) is 7.97. The number of nitrogens with zero attached hydrogens (tertiary/aromatic N) is 1. The molecule has 2 unspecified atom stereocenters. The molecule has 98 valence electrons. The Bertz CT molecular complexity index is 414. The largest absolute Gasteiger partial charge is 0.481 e.